The van der Waals surface area contributed by atoms with Crippen LogP contribution in [0.15, 0.2) is 84.9 Å². The van der Waals surface area contributed by atoms with E-state index in [1.807, 2.05) is 0 Å². The molecule has 0 unspecified atom stereocenters. The predicted octanol–water partition coefficient (Wildman–Crippen LogP) is 6.06. The van der Waals surface area contributed by atoms with Crippen LogP contribution in [0.4, 0.5) is 5.82 Å². The van der Waals surface area contributed by atoms with Gasteiger partial charge >= 0.3 is 0 Å². The molecule has 0 fully saturated rings. The third-order valence-corrected chi connectivity index (χ3v) is 4.87. The molecule has 2 heteroatoms. The van der Waals surface area contributed by atoms with Crippen LogP contribution in [0.1, 0.15) is 22.3 Å². The van der Waals surface area contributed by atoms with E-state index in [0.717, 1.165) is 24.4 Å². The number of aryl methyl sites for hydroxylation is 2. The van der Waals surface area contributed by atoms with Gasteiger partial charge in [0, 0.05) is 18.5 Å². The van der Waals surface area contributed by atoms with Gasteiger partial charge in [-0.2, -0.15) is 0 Å². The molecule has 0 aliphatic heterocycles. The van der Waals surface area contributed by atoms with E-state index >= 15 is 0 Å². The summed E-state index contributed by atoms with van der Waals surface area (Å²) in [5.74, 6) is 1.06. The first kappa shape index (κ1) is 17.3. The summed E-state index contributed by atoms with van der Waals surface area (Å²) in [4.78, 5) is 7.43. The second-order valence-electron chi connectivity index (χ2n) is 7.15. The van der Waals surface area contributed by atoms with Crippen LogP contribution in [-0.4, -0.2) is 4.98 Å². The molecule has 0 aliphatic rings. The SMILES string of the molecule is Cc1ccc2cc(C)c(N(Cc3ccccc3)Cc3ccccc3)nc2c1. The van der Waals surface area contributed by atoms with E-state index < -0.39 is 0 Å². The van der Waals surface area contributed by atoms with Crippen molar-refractivity contribution in [3.05, 3.63) is 107 Å². The molecule has 4 rings (SSSR count). The van der Waals surface area contributed by atoms with Gasteiger partial charge in [-0.1, -0.05) is 72.8 Å². The zero-order valence-electron chi connectivity index (χ0n) is 15.9. The van der Waals surface area contributed by atoms with Gasteiger partial charge in [-0.25, -0.2) is 4.98 Å². The zero-order chi connectivity index (χ0) is 18.6. The third kappa shape index (κ3) is 4.01. The van der Waals surface area contributed by atoms with Crippen molar-refractivity contribution < 1.29 is 0 Å². The minimum Gasteiger partial charge on any atom is -0.348 e. The van der Waals surface area contributed by atoms with Gasteiger partial charge in [0.2, 0.25) is 0 Å². The summed E-state index contributed by atoms with van der Waals surface area (Å²) >= 11 is 0. The van der Waals surface area contributed by atoms with Crippen molar-refractivity contribution in [2.75, 3.05) is 4.90 Å². The van der Waals surface area contributed by atoms with Crippen LogP contribution >= 0.6 is 0 Å². The molecule has 1 heterocycles. The first-order valence-electron chi connectivity index (χ1n) is 9.40. The van der Waals surface area contributed by atoms with Crippen LogP contribution in [0.3, 0.4) is 0 Å². The monoisotopic (exact) mass is 352 g/mol. The van der Waals surface area contributed by atoms with E-state index in [9.17, 15) is 0 Å². The molecule has 0 radical (unpaired) electrons. The highest BCUT2D eigenvalue weighted by Crippen LogP contribution is 2.26. The first-order valence-corrected chi connectivity index (χ1v) is 9.40. The largest absolute Gasteiger partial charge is 0.348 e. The normalized spacial score (nSPS) is 10.9. The standard InChI is InChI=1S/C25H24N2/c1-19-13-14-23-16-20(2)25(26-24(23)15-19)27(17-21-9-5-3-6-10-21)18-22-11-7-4-8-12-22/h3-16H,17-18H2,1-2H3. The molecule has 27 heavy (non-hydrogen) atoms. The lowest BCUT2D eigenvalue weighted by atomic mass is 10.1. The maximum absolute atomic E-state index is 5.05. The van der Waals surface area contributed by atoms with Crippen molar-refractivity contribution in [2.45, 2.75) is 26.9 Å². The molecule has 0 saturated carbocycles. The van der Waals surface area contributed by atoms with Gasteiger partial charge in [0.15, 0.2) is 0 Å². The lowest BCUT2D eigenvalue weighted by Gasteiger charge is -2.26. The van der Waals surface area contributed by atoms with Crippen molar-refractivity contribution in [2.24, 2.45) is 0 Å². The van der Waals surface area contributed by atoms with Crippen molar-refractivity contribution in [3.63, 3.8) is 0 Å². The van der Waals surface area contributed by atoms with Crippen molar-refractivity contribution in [1.29, 1.82) is 0 Å². The highest BCUT2D eigenvalue weighted by molar-refractivity contribution is 5.82. The number of aromatic nitrogens is 1. The molecule has 3 aromatic carbocycles. The molecule has 0 bridgehead atoms. The number of hydrogen-bond acceptors (Lipinski definition) is 2. The van der Waals surface area contributed by atoms with Crippen molar-refractivity contribution in [1.82, 2.24) is 4.98 Å². The Morgan fingerprint density at radius 1 is 0.704 bits per heavy atom. The molecule has 0 amide bonds. The fourth-order valence-electron chi connectivity index (χ4n) is 3.51. The van der Waals surface area contributed by atoms with Crippen molar-refractivity contribution >= 4 is 16.7 Å². The molecule has 0 saturated heterocycles. The third-order valence-electron chi connectivity index (χ3n) is 4.87. The number of rotatable bonds is 5. The summed E-state index contributed by atoms with van der Waals surface area (Å²) in [7, 11) is 0. The van der Waals surface area contributed by atoms with Crippen LogP contribution in [0.5, 0.6) is 0 Å². The summed E-state index contributed by atoms with van der Waals surface area (Å²) in [5.41, 5.74) is 6.08. The lowest BCUT2D eigenvalue weighted by Crippen LogP contribution is -2.24. The second-order valence-corrected chi connectivity index (χ2v) is 7.15. The summed E-state index contributed by atoms with van der Waals surface area (Å²) in [5, 5.41) is 1.20. The van der Waals surface area contributed by atoms with E-state index in [2.05, 4.69) is 104 Å². The smallest absolute Gasteiger partial charge is 0.132 e. The van der Waals surface area contributed by atoms with Gasteiger partial charge in [0.1, 0.15) is 5.82 Å². The number of hydrogen-bond donors (Lipinski definition) is 0. The molecular weight excluding hydrogens is 328 g/mol. The second kappa shape index (κ2) is 7.63. The number of pyridine rings is 1. The maximum atomic E-state index is 5.05. The highest BCUT2D eigenvalue weighted by atomic mass is 15.2. The minimum atomic E-state index is 0.834. The average Bonchev–Trinajstić information content (AvgIpc) is 2.69. The fourth-order valence-corrected chi connectivity index (χ4v) is 3.51. The van der Waals surface area contributed by atoms with Gasteiger partial charge in [0.25, 0.3) is 0 Å². The highest BCUT2D eigenvalue weighted by Gasteiger charge is 2.14. The van der Waals surface area contributed by atoms with E-state index in [0.29, 0.717) is 0 Å². The Morgan fingerprint density at radius 3 is 1.89 bits per heavy atom. The number of fused-ring (bicyclic) bond motifs is 1. The molecular formula is C25H24N2. The number of nitrogens with zero attached hydrogens (tertiary/aromatic N) is 2. The molecule has 2 nitrogen and oxygen atoms in total. The molecule has 1 aromatic heterocycles. The Bertz CT molecular complexity index is 998. The van der Waals surface area contributed by atoms with Crippen LogP contribution in [0, 0.1) is 13.8 Å². The first-order chi connectivity index (χ1) is 13.2. The van der Waals surface area contributed by atoms with E-state index in [4.69, 9.17) is 4.98 Å². The summed E-state index contributed by atoms with van der Waals surface area (Å²) in [6.45, 7) is 5.94. The van der Waals surface area contributed by atoms with E-state index in [-0.39, 0.29) is 0 Å². The molecule has 134 valence electrons. The molecule has 0 aliphatic carbocycles. The van der Waals surface area contributed by atoms with E-state index in [1.54, 1.807) is 0 Å². The van der Waals surface area contributed by atoms with Gasteiger partial charge in [0.05, 0.1) is 5.52 Å². The summed E-state index contributed by atoms with van der Waals surface area (Å²) < 4.78 is 0. The topological polar surface area (TPSA) is 16.1 Å². The van der Waals surface area contributed by atoms with Crippen LogP contribution in [0.2, 0.25) is 0 Å². The van der Waals surface area contributed by atoms with Gasteiger partial charge < -0.3 is 4.90 Å². The van der Waals surface area contributed by atoms with Crippen LogP contribution < -0.4 is 4.90 Å². The van der Waals surface area contributed by atoms with Gasteiger partial charge in [-0.05, 0) is 48.2 Å². The Kier molecular flexibility index (Phi) is 4.88. The van der Waals surface area contributed by atoms with Crippen LogP contribution in [-0.2, 0) is 13.1 Å². The quantitative estimate of drug-likeness (QED) is 0.434. The van der Waals surface area contributed by atoms with E-state index in [1.165, 1.54) is 27.6 Å². The maximum Gasteiger partial charge on any atom is 0.132 e. The Balaban J connectivity index is 1.77. The van der Waals surface area contributed by atoms with Crippen molar-refractivity contribution in [3.8, 4) is 0 Å². The fraction of sp³-hybridized carbons (Fsp3) is 0.160. The zero-order valence-corrected chi connectivity index (χ0v) is 15.9. The Morgan fingerprint density at radius 2 is 1.30 bits per heavy atom. The minimum absolute atomic E-state index is 0.834. The number of benzene rings is 3. The van der Waals surface area contributed by atoms with Gasteiger partial charge in [-0.3, -0.25) is 0 Å². The number of anilines is 1. The predicted molar refractivity (Wildman–Crippen MR) is 114 cm³/mol. The molecule has 4 aromatic rings. The average molecular weight is 352 g/mol. The molecule has 0 spiro atoms. The molecule has 0 atom stereocenters. The van der Waals surface area contributed by atoms with Gasteiger partial charge in [-0.15, -0.1) is 0 Å². The lowest BCUT2D eigenvalue weighted by molar-refractivity contribution is 0.782. The Hall–Kier alpha value is -3.13. The summed E-state index contributed by atoms with van der Waals surface area (Å²) in [6, 6.07) is 30.0. The van der Waals surface area contributed by atoms with Crippen LogP contribution in [0.25, 0.3) is 10.9 Å². The summed E-state index contributed by atoms with van der Waals surface area (Å²) in [6.07, 6.45) is 0. The Labute approximate surface area is 161 Å². The molecule has 0 N–H and O–H groups in total.